The van der Waals surface area contributed by atoms with Crippen molar-refractivity contribution in [2.24, 2.45) is 5.92 Å². The maximum absolute atomic E-state index is 4.62. The van der Waals surface area contributed by atoms with Crippen molar-refractivity contribution in [1.29, 1.82) is 0 Å². The molecule has 0 fully saturated rings. The maximum Gasteiger partial charge on any atom is 0.129 e. The fraction of sp³-hybridized carbons (Fsp3) is 0.706. The Labute approximate surface area is 124 Å². The second-order valence-electron chi connectivity index (χ2n) is 5.82. The molecule has 0 amide bonds. The van der Waals surface area contributed by atoms with Crippen molar-refractivity contribution in [1.82, 2.24) is 10.3 Å². The molecule has 1 heterocycles. The highest BCUT2D eigenvalue weighted by Crippen LogP contribution is 2.21. The monoisotopic (exact) mass is 277 g/mol. The molecule has 20 heavy (non-hydrogen) atoms. The summed E-state index contributed by atoms with van der Waals surface area (Å²) in [4.78, 5) is 7.10. The van der Waals surface area contributed by atoms with Crippen molar-refractivity contribution in [2.45, 2.75) is 60.0 Å². The van der Waals surface area contributed by atoms with E-state index in [1.807, 2.05) is 6.20 Å². The van der Waals surface area contributed by atoms with Gasteiger partial charge in [0.15, 0.2) is 0 Å². The van der Waals surface area contributed by atoms with E-state index in [1.165, 1.54) is 18.4 Å². The summed E-state index contributed by atoms with van der Waals surface area (Å²) >= 11 is 0. The summed E-state index contributed by atoms with van der Waals surface area (Å²) in [5, 5.41) is 3.38. The summed E-state index contributed by atoms with van der Waals surface area (Å²) in [5.74, 6) is 1.78. The molecule has 3 nitrogen and oxygen atoms in total. The average Bonchev–Trinajstić information content (AvgIpc) is 2.45. The van der Waals surface area contributed by atoms with E-state index in [9.17, 15) is 0 Å². The van der Waals surface area contributed by atoms with E-state index < -0.39 is 0 Å². The quantitative estimate of drug-likeness (QED) is 0.743. The molecule has 0 radical (unpaired) electrons. The van der Waals surface area contributed by atoms with Gasteiger partial charge in [0.1, 0.15) is 5.82 Å². The molecule has 0 bridgehead atoms. The van der Waals surface area contributed by atoms with Gasteiger partial charge < -0.3 is 10.2 Å². The van der Waals surface area contributed by atoms with Crippen LogP contribution in [0.15, 0.2) is 18.3 Å². The van der Waals surface area contributed by atoms with Crippen molar-refractivity contribution < 1.29 is 0 Å². The lowest BCUT2D eigenvalue weighted by molar-refractivity contribution is 0.503. The minimum Gasteiger partial charge on any atom is -0.353 e. The summed E-state index contributed by atoms with van der Waals surface area (Å²) in [6.07, 6.45) is 4.28. The molecule has 0 unspecified atom stereocenters. The molecule has 0 saturated carbocycles. The molecule has 1 rings (SSSR count). The lowest BCUT2D eigenvalue weighted by Gasteiger charge is -2.33. The SMILES string of the molecule is CCNCc1ccnc(N(CC(C)C)C(CC)CC)c1. The van der Waals surface area contributed by atoms with Gasteiger partial charge in [0, 0.05) is 25.3 Å². The number of nitrogens with zero attached hydrogens (tertiary/aromatic N) is 2. The van der Waals surface area contributed by atoms with Crippen LogP contribution in [0.1, 0.15) is 53.0 Å². The van der Waals surface area contributed by atoms with Gasteiger partial charge in [-0.1, -0.05) is 34.6 Å². The Kier molecular flexibility index (Phi) is 7.60. The maximum atomic E-state index is 4.62. The third kappa shape index (κ3) is 5.12. The Bertz CT molecular complexity index is 372. The van der Waals surface area contributed by atoms with Gasteiger partial charge in [-0.05, 0) is 43.0 Å². The van der Waals surface area contributed by atoms with Crippen molar-refractivity contribution in [3.05, 3.63) is 23.9 Å². The third-order valence-corrected chi connectivity index (χ3v) is 3.63. The van der Waals surface area contributed by atoms with E-state index in [2.05, 4.69) is 62.0 Å². The van der Waals surface area contributed by atoms with E-state index in [0.717, 1.165) is 25.5 Å². The van der Waals surface area contributed by atoms with Crippen LogP contribution in [0, 0.1) is 5.92 Å². The normalized spacial score (nSPS) is 11.3. The number of aromatic nitrogens is 1. The van der Waals surface area contributed by atoms with Gasteiger partial charge in [0.25, 0.3) is 0 Å². The smallest absolute Gasteiger partial charge is 0.129 e. The molecule has 1 aromatic heterocycles. The second kappa shape index (κ2) is 8.96. The molecule has 0 saturated heterocycles. The molecule has 3 heteroatoms. The van der Waals surface area contributed by atoms with Crippen LogP contribution >= 0.6 is 0 Å². The third-order valence-electron chi connectivity index (χ3n) is 3.63. The van der Waals surface area contributed by atoms with Crippen LogP contribution in [-0.2, 0) is 6.54 Å². The Hall–Kier alpha value is -1.09. The fourth-order valence-corrected chi connectivity index (χ4v) is 2.55. The Balaban J connectivity index is 2.94. The average molecular weight is 277 g/mol. The molecule has 0 atom stereocenters. The highest BCUT2D eigenvalue weighted by molar-refractivity contribution is 5.42. The molecule has 0 aromatic carbocycles. The van der Waals surface area contributed by atoms with E-state index >= 15 is 0 Å². The summed E-state index contributed by atoms with van der Waals surface area (Å²) in [7, 11) is 0. The summed E-state index contributed by atoms with van der Waals surface area (Å²) in [6.45, 7) is 14.2. The van der Waals surface area contributed by atoms with Gasteiger partial charge in [0.05, 0.1) is 0 Å². The van der Waals surface area contributed by atoms with Crippen LogP contribution in [0.25, 0.3) is 0 Å². The van der Waals surface area contributed by atoms with Crippen LogP contribution in [0.3, 0.4) is 0 Å². The van der Waals surface area contributed by atoms with Crippen LogP contribution in [-0.4, -0.2) is 24.1 Å². The van der Waals surface area contributed by atoms with Crippen molar-refractivity contribution in [3.8, 4) is 0 Å². The van der Waals surface area contributed by atoms with Gasteiger partial charge in [-0.25, -0.2) is 4.98 Å². The number of pyridine rings is 1. The van der Waals surface area contributed by atoms with Gasteiger partial charge >= 0.3 is 0 Å². The van der Waals surface area contributed by atoms with Gasteiger partial charge in [0.2, 0.25) is 0 Å². The fourth-order valence-electron chi connectivity index (χ4n) is 2.55. The molecule has 1 aromatic rings. The highest BCUT2D eigenvalue weighted by Gasteiger charge is 2.18. The first-order valence-electron chi connectivity index (χ1n) is 8.04. The van der Waals surface area contributed by atoms with Crippen molar-refractivity contribution in [3.63, 3.8) is 0 Å². The van der Waals surface area contributed by atoms with Crippen molar-refractivity contribution in [2.75, 3.05) is 18.0 Å². The molecule has 114 valence electrons. The zero-order valence-electron chi connectivity index (χ0n) is 13.8. The molecule has 1 N–H and O–H groups in total. The van der Waals surface area contributed by atoms with Crippen molar-refractivity contribution >= 4 is 5.82 Å². The largest absolute Gasteiger partial charge is 0.353 e. The Morgan fingerprint density at radius 1 is 1.20 bits per heavy atom. The number of nitrogens with one attached hydrogen (secondary N) is 1. The van der Waals surface area contributed by atoms with Gasteiger partial charge in [-0.3, -0.25) is 0 Å². The zero-order valence-corrected chi connectivity index (χ0v) is 13.8. The number of hydrogen-bond acceptors (Lipinski definition) is 3. The first-order chi connectivity index (χ1) is 9.62. The minimum absolute atomic E-state index is 0.583. The minimum atomic E-state index is 0.583. The standard InChI is InChI=1S/C17H31N3/c1-6-16(7-2)20(13-14(4)5)17-11-15(9-10-19-17)12-18-8-3/h9-11,14,16,18H,6-8,12-13H2,1-5H3. The lowest BCUT2D eigenvalue weighted by Crippen LogP contribution is -2.38. The molecule has 0 spiro atoms. The van der Waals surface area contributed by atoms with E-state index in [-0.39, 0.29) is 0 Å². The van der Waals surface area contributed by atoms with Gasteiger partial charge in [-0.15, -0.1) is 0 Å². The summed E-state index contributed by atoms with van der Waals surface area (Å²) < 4.78 is 0. The molecule has 0 aliphatic carbocycles. The number of rotatable bonds is 9. The van der Waals surface area contributed by atoms with E-state index in [0.29, 0.717) is 12.0 Å². The van der Waals surface area contributed by atoms with Gasteiger partial charge in [-0.2, -0.15) is 0 Å². The predicted octanol–water partition coefficient (Wildman–Crippen LogP) is 3.84. The second-order valence-corrected chi connectivity index (χ2v) is 5.82. The first-order valence-corrected chi connectivity index (χ1v) is 8.04. The molecular weight excluding hydrogens is 246 g/mol. The molecule has 0 aliphatic rings. The lowest BCUT2D eigenvalue weighted by atomic mass is 10.1. The Morgan fingerprint density at radius 2 is 1.90 bits per heavy atom. The van der Waals surface area contributed by atoms with Crippen LogP contribution in [0.2, 0.25) is 0 Å². The van der Waals surface area contributed by atoms with Crippen LogP contribution < -0.4 is 10.2 Å². The highest BCUT2D eigenvalue weighted by atomic mass is 15.2. The molecular formula is C17H31N3. The van der Waals surface area contributed by atoms with E-state index in [1.54, 1.807) is 0 Å². The summed E-state index contributed by atoms with van der Waals surface area (Å²) in [6, 6.07) is 4.93. The number of hydrogen-bond donors (Lipinski definition) is 1. The Morgan fingerprint density at radius 3 is 2.45 bits per heavy atom. The zero-order chi connectivity index (χ0) is 15.0. The first kappa shape index (κ1) is 17.0. The topological polar surface area (TPSA) is 28.2 Å². The number of anilines is 1. The van der Waals surface area contributed by atoms with Crippen LogP contribution in [0.5, 0.6) is 0 Å². The predicted molar refractivity (Wildman–Crippen MR) is 88.2 cm³/mol. The molecule has 0 aliphatic heterocycles. The van der Waals surface area contributed by atoms with E-state index in [4.69, 9.17) is 0 Å². The summed E-state index contributed by atoms with van der Waals surface area (Å²) in [5.41, 5.74) is 1.32. The van der Waals surface area contributed by atoms with Crippen LogP contribution in [0.4, 0.5) is 5.82 Å².